The van der Waals surface area contributed by atoms with E-state index in [-0.39, 0.29) is 31.2 Å². The highest BCUT2D eigenvalue weighted by atomic mass is 35.5. The Kier molecular flexibility index (Phi) is 9.44. The maximum absolute atomic E-state index is 14.1. The van der Waals surface area contributed by atoms with Crippen molar-refractivity contribution in [2.45, 2.75) is 25.9 Å². The van der Waals surface area contributed by atoms with Crippen molar-refractivity contribution < 1.29 is 27.5 Å². The van der Waals surface area contributed by atoms with Crippen LogP contribution in [-0.4, -0.2) is 57.3 Å². The Morgan fingerprint density at radius 3 is 2.35 bits per heavy atom. The number of ether oxygens (including phenoxy) is 2. The summed E-state index contributed by atoms with van der Waals surface area (Å²) in [6.45, 7) is 0.959. The van der Waals surface area contributed by atoms with Crippen LogP contribution in [-0.2, 0) is 32.6 Å². The molecule has 0 aliphatic carbocycles. The summed E-state index contributed by atoms with van der Waals surface area (Å²) in [6.07, 6.45) is 0.206. The van der Waals surface area contributed by atoms with Gasteiger partial charge in [0.05, 0.1) is 21.5 Å². The van der Waals surface area contributed by atoms with Gasteiger partial charge in [-0.25, -0.2) is 8.42 Å². The van der Waals surface area contributed by atoms with E-state index < -0.39 is 34.4 Å². The Balaban J connectivity index is 1.74. The van der Waals surface area contributed by atoms with Crippen LogP contribution in [0.2, 0.25) is 10.0 Å². The molecule has 2 amide bonds. The molecule has 3 aromatic rings. The van der Waals surface area contributed by atoms with Gasteiger partial charge in [-0.3, -0.25) is 13.9 Å². The Morgan fingerprint density at radius 2 is 1.68 bits per heavy atom. The molecule has 40 heavy (non-hydrogen) atoms. The third-order valence-electron chi connectivity index (χ3n) is 6.48. The number of hydrogen-bond donors (Lipinski definition) is 1. The summed E-state index contributed by atoms with van der Waals surface area (Å²) in [5.41, 5.74) is 1.70. The van der Waals surface area contributed by atoms with Crippen LogP contribution in [0.3, 0.4) is 0 Å². The second kappa shape index (κ2) is 12.8. The summed E-state index contributed by atoms with van der Waals surface area (Å²) in [7, 11) is -2.42. The average Bonchev–Trinajstić information content (AvgIpc) is 3.43. The summed E-state index contributed by atoms with van der Waals surface area (Å²) in [6, 6.07) is 17.9. The highest BCUT2D eigenvalue weighted by Gasteiger charge is 2.33. The summed E-state index contributed by atoms with van der Waals surface area (Å²) in [5, 5.41) is 3.28. The molecule has 0 spiro atoms. The van der Waals surface area contributed by atoms with E-state index in [1.807, 2.05) is 30.3 Å². The van der Waals surface area contributed by atoms with Crippen LogP contribution in [0.4, 0.5) is 5.69 Å². The number of benzene rings is 3. The van der Waals surface area contributed by atoms with E-state index in [2.05, 4.69) is 5.32 Å². The molecule has 1 atom stereocenters. The van der Waals surface area contributed by atoms with Crippen molar-refractivity contribution in [3.05, 3.63) is 87.9 Å². The van der Waals surface area contributed by atoms with E-state index in [4.69, 9.17) is 32.7 Å². The molecule has 212 valence electrons. The smallest absolute Gasteiger partial charge is 0.244 e. The first-order chi connectivity index (χ1) is 19.1. The zero-order valence-electron chi connectivity index (χ0n) is 22.0. The monoisotopic (exact) mass is 605 g/mol. The molecule has 0 radical (unpaired) electrons. The van der Waals surface area contributed by atoms with Crippen LogP contribution in [0.25, 0.3) is 0 Å². The third kappa shape index (κ3) is 6.80. The maximum atomic E-state index is 14.1. The van der Waals surface area contributed by atoms with E-state index in [0.29, 0.717) is 27.1 Å². The third-order valence-corrected chi connectivity index (χ3v) is 8.96. The molecule has 9 nitrogen and oxygen atoms in total. The van der Waals surface area contributed by atoms with Crippen LogP contribution in [0, 0.1) is 0 Å². The lowest BCUT2D eigenvalue weighted by molar-refractivity contribution is -0.139. The topological polar surface area (TPSA) is 105 Å². The molecule has 0 fully saturated rings. The van der Waals surface area contributed by atoms with Crippen molar-refractivity contribution in [3.63, 3.8) is 0 Å². The fourth-order valence-corrected chi connectivity index (χ4v) is 5.69. The number of rotatable bonds is 11. The van der Waals surface area contributed by atoms with Gasteiger partial charge >= 0.3 is 0 Å². The van der Waals surface area contributed by atoms with E-state index in [9.17, 15) is 18.0 Å². The predicted molar refractivity (Wildman–Crippen MR) is 154 cm³/mol. The number of amides is 2. The van der Waals surface area contributed by atoms with Gasteiger partial charge in [0.1, 0.15) is 12.6 Å². The first-order valence-electron chi connectivity index (χ1n) is 12.5. The van der Waals surface area contributed by atoms with Crippen LogP contribution >= 0.6 is 23.2 Å². The first-order valence-corrected chi connectivity index (χ1v) is 14.9. The lowest BCUT2D eigenvalue weighted by Gasteiger charge is -2.33. The van der Waals surface area contributed by atoms with E-state index in [0.717, 1.165) is 9.87 Å². The molecule has 0 bridgehead atoms. The van der Waals surface area contributed by atoms with Crippen molar-refractivity contribution in [3.8, 4) is 11.5 Å². The van der Waals surface area contributed by atoms with Crippen LogP contribution in [0.1, 0.15) is 18.1 Å². The fourth-order valence-electron chi connectivity index (χ4n) is 4.32. The Labute approximate surface area is 243 Å². The number of anilines is 1. The normalized spacial score (nSPS) is 13.0. The molecule has 12 heteroatoms. The van der Waals surface area contributed by atoms with Crippen LogP contribution in [0.5, 0.6) is 11.5 Å². The van der Waals surface area contributed by atoms with Crippen molar-refractivity contribution >= 4 is 50.7 Å². The lowest BCUT2D eigenvalue weighted by atomic mass is 10.0. The first kappa shape index (κ1) is 29.5. The summed E-state index contributed by atoms with van der Waals surface area (Å²) >= 11 is 12.3. The number of nitrogens with zero attached hydrogens (tertiary/aromatic N) is 2. The number of nitrogens with one attached hydrogen (secondary N) is 1. The predicted octanol–water partition coefficient (Wildman–Crippen LogP) is 4.26. The minimum atomic E-state index is -3.90. The van der Waals surface area contributed by atoms with E-state index in [1.165, 1.54) is 24.9 Å². The number of hydrogen-bond acceptors (Lipinski definition) is 6. The highest BCUT2D eigenvalue weighted by molar-refractivity contribution is 7.92. The maximum Gasteiger partial charge on any atom is 0.244 e. The zero-order chi connectivity index (χ0) is 28.9. The number of fused-ring (bicyclic) bond motifs is 1. The zero-order valence-corrected chi connectivity index (χ0v) is 24.3. The van der Waals surface area contributed by atoms with E-state index in [1.54, 1.807) is 30.3 Å². The largest absolute Gasteiger partial charge is 0.454 e. The standard InChI is InChI=1S/C28H29Cl2N3O6S/c1-3-40(36,37)33(21-10-12-25-26(15-21)39-18-38-25)17-27(34)32(16-20-9-11-22(29)23(30)13-20)24(28(35)31-2)14-19-7-5-4-6-8-19/h4-13,15,24H,3,14,16-18H2,1-2H3,(H,31,35)/t24-/m0/s1. The van der Waals surface area contributed by atoms with Gasteiger partial charge in [-0.2, -0.15) is 0 Å². The van der Waals surface area contributed by atoms with Crippen LogP contribution in [0.15, 0.2) is 66.7 Å². The van der Waals surface area contributed by atoms with Gasteiger partial charge in [0.2, 0.25) is 28.6 Å². The van der Waals surface area contributed by atoms with E-state index >= 15 is 0 Å². The minimum absolute atomic E-state index is 0.0121. The van der Waals surface area contributed by atoms with Gasteiger partial charge in [-0.15, -0.1) is 0 Å². The molecular weight excluding hydrogens is 577 g/mol. The molecule has 1 N–H and O–H groups in total. The van der Waals surface area contributed by atoms with Gasteiger partial charge in [0.25, 0.3) is 0 Å². The molecular formula is C28H29Cl2N3O6S. The molecule has 1 aliphatic rings. The number of carbonyl (C=O) groups excluding carboxylic acids is 2. The van der Waals surface area contributed by atoms with Gasteiger partial charge in [-0.1, -0.05) is 59.6 Å². The Bertz CT molecular complexity index is 1490. The molecule has 1 heterocycles. The van der Waals surface area contributed by atoms with Gasteiger partial charge < -0.3 is 19.7 Å². The molecule has 3 aromatic carbocycles. The summed E-state index contributed by atoms with van der Waals surface area (Å²) in [5.74, 6) is -0.366. The number of halogens is 2. The number of carbonyl (C=O) groups is 2. The minimum Gasteiger partial charge on any atom is -0.454 e. The second-order valence-electron chi connectivity index (χ2n) is 9.03. The SMILES string of the molecule is CCS(=O)(=O)N(CC(=O)N(Cc1ccc(Cl)c(Cl)c1)[C@@H](Cc1ccccc1)C(=O)NC)c1ccc2c(c1)OCO2. The molecule has 0 saturated heterocycles. The quantitative estimate of drug-likeness (QED) is 0.350. The number of likely N-dealkylation sites (N-methyl/N-ethyl adjacent to an activating group) is 1. The molecule has 4 rings (SSSR count). The van der Waals surface area contributed by atoms with Gasteiger partial charge in [0.15, 0.2) is 11.5 Å². The van der Waals surface area contributed by atoms with Crippen molar-refractivity contribution in [2.75, 3.05) is 30.4 Å². The highest BCUT2D eigenvalue weighted by Crippen LogP contribution is 2.36. The molecule has 0 aromatic heterocycles. The van der Waals surface area contributed by atoms with Crippen molar-refractivity contribution in [2.24, 2.45) is 0 Å². The molecule has 0 unspecified atom stereocenters. The van der Waals surface area contributed by atoms with Crippen LogP contribution < -0.4 is 19.1 Å². The lowest BCUT2D eigenvalue weighted by Crippen LogP contribution is -2.53. The average molecular weight is 607 g/mol. The van der Waals surface area contributed by atoms with Gasteiger partial charge in [-0.05, 0) is 42.3 Å². The number of sulfonamides is 1. The molecule has 0 saturated carbocycles. The van der Waals surface area contributed by atoms with Crippen molar-refractivity contribution in [1.82, 2.24) is 10.2 Å². The second-order valence-corrected chi connectivity index (χ2v) is 12.0. The fraction of sp³-hybridized carbons (Fsp3) is 0.286. The summed E-state index contributed by atoms with van der Waals surface area (Å²) in [4.78, 5) is 28.6. The van der Waals surface area contributed by atoms with Crippen molar-refractivity contribution in [1.29, 1.82) is 0 Å². The van der Waals surface area contributed by atoms with Gasteiger partial charge in [0, 0.05) is 26.1 Å². The molecule has 1 aliphatic heterocycles. The summed E-state index contributed by atoms with van der Waals surface area (Å²) < 4.78 is 38.2. The Morgan fingerprint density at radius 1 is 0.950 bits per heavy atom. The Hall–Kier alpha value is -3.47.